The Morgan fingerprint density at radius 3 is 2.45 bits per heavy atom. The first-order valence-electron chi connectivity index (χ1n) is 9.94. The lowest BCUT2D eigenvalue weighted by Crippen LogP contribution is -2.35. The van der Waals surface area contributed by atoms with Crippen molar-refractivity contribution in [1.29, 1.82) is 0 Å². The number of thiophene rings is 1. The summed E-state index contributed by atoms with van der Waals surface area (Å²) in [7, 11) is 1.56. The molecule has 1 fully saturated rings. The fourth-order valence-corrected chi connectivity index (χ4v) is 4.55. The van der Waals surface area contributed by atoms with Crippen molar-refractivity contribution in [3.05, 3.63) is 52.4 Å². The number of nitrogens with zero attached hydrogens (tertiary/aromatic N) is 2. The molecule has 6 nitrogen and oxygen atoms in total. The normalized spacial score (nSPS) is 17.4. The molecule has 2 aromatic rings. The third-order valence-electron chi connectivity index (χ3n) is 5.31. The SMILES string of the molecule is COCCN1C(=O)C(Nc2ccc(N3CCCCC3)cc2)=C(c2cccs2)C1=O. The largest absolute Gasteiger partial charge is 0.383 e. The summed E-state index contributed by atoms with van der Waals surface area (Å²) in [5, 5.41) is 5.12. The van der Waals surface area contributed by atoms with Crippen LogP contribution in [-0.4, -0.2) is 50.1 Å². The molecule has 1 aromatic carbocycles. The van der Waals surface area contributed by atoms with E-state index in [2.05, 4.69) is 22.3 Å². The number of rotatable bonds is 7. The number of ether oxygens (including phenoxy) is 1. The Labute approximate surface area is 174 Å². The molecular formula is C22H25N3O3S. The summed E-state index contributed by atoms with van der Waals surface area (Å²) in [6.07, 6.45) is 3.75. The van der Waals surface area contributed by atoms with Crippen molar-refractivity contribution in [1.82, 2.24) is 4.90 Å². The molecule has 1 saturated heterocycles. The maximum Gasteiger partial charge on any atom is 0.278 e. The number of piperidine rings is 1. The van der Waals surface area contributed by atoms with Gasteiger partial charge in [-0.05, 0) is 55.0 Å². The van der Waals surface area contributed by atoms with Crippen molar-refractivity contribution < 1.29 is 14.3 Å². The maximum atomic E-state index is 13.0. The number of hydrogen-bond donors (Lipinski definition) is 1. The molecule has 1 N–H and O–H groups in total. The van der Waals surface area contributed by atoms with Gasteiger partial charge in [0.05, 0.1) is 18.7 Å². The minimum Gasteiger partial charge on any atom is -0.383 e. The number of carbonyl (C=O) groups is 2. The molecule has 0 radical (unpaired) electrons. The molecule has 3 heterocycles. The van der Waals surface area contributed by atoms with Crippen molar-refractivity contribution in [2.45, 2.75) is 19.3 Å². The third kappa shape index (κ3) is 4.06. The van der Waals surface area contributed by atoms with Crippen LogP contribution in [0, 0.1) is 0 Å². The van der Waals surface area contributed by atoms with Crippen molar-refractivity contribution in [3.8, 4) is 0 Å². The lowest BCUT2D eigenvalue weighted by molar-refractivity contribution is -0.137. The highest BCUT2D eigenvalue weighted by Crippen LogP contribution is 2.33. The van der Waals surface area contributed by atoms with E-state index in [1.54, 1.807) is 7.11 Å². The van der Waals surface area contributed by atoms with E-state index in [1.807, 2.05) is 29.6 Å². The molecule has 0 saturated carbocycles. The Hall–Kier alpha value is -2.64. The molecule has 1 aromatic heterocycles. The highest BCUT2D eigenvalue weighted by molar-refractivity contribution is 7.11. The topological polar surface area (TPSA) is 61.9 Å². The molecule has 152 valence electrons. The average Bonchev–Trinajstić information content (AvgIpc) is 3.35. The lowest BCUT2D eigenvalue weighted by Gasteiger charge is -2.28. The van der Waals surface area contributed by atoms with E-state index in [-0.39, 0.29) is 18.4 Å². The van der Waals surface area contributed by atoms with Gasteiger partial charge in [0.2, 0.25) is 0 Å². The van der Waals surface area contributed by atoms with Gasteiger partial charge in [0.1, 0.15) is 5.70 Å². The van der Waals surface area contributed by atoms with E-state index in [0.717, 1.165) is 23.7 Å². The maximum absolute atomic E-state index is 13.0. The molecule has 4 rings (SSSR count). The fourth-order valence-electron chi connectivity index (χ4n) is 3.78. The Balaban J connectivity index is 1.58. The van der Waals surface area contributed by atoms with Crippen LogP contribution in [0.5, 0.6) is 0 Å². The number of carbonyl (C=O) groups excluding carboxylic acids is 2. The molecule has 0 spiro atoms. The molecule has 29 heavy (non-hydrogen) atoms. The second-order valence-electron chi connectivity index (χ2n) is 7.20. The third-order valence-corrected chi connectivity index (χ3v) is 6.20. The molecular weight excluding hydrogens is 386 g/mol. The van der Waals surface area contributed by atoms with Gasteiger partial charge in [-0.1, -0.05) is 6.07 Å². The van der Waals surface area contributed by atoms with Gasteiger partial charge in [-0.2, -0.15) is 0 Å². The lowest BCUT2D eigenvalue weighted by atomic mass is 10.1. The van der Waals surface area contributed by atoms with Crippen molar-refractivity contribution in [3.63, 3.8) is 0 Å². The Morgan fingerprint density at radius 1 is 1.03 bits per heavy atom. The molecule has 0 atom stereocenters. The predicted molar refractivity (Wildman–Crippen MR) is 116 cm³/mol. The van der Waals surface area contributed by atoms with E-state index in [1.165, 1.54) is 41.2 Å². The number of benzene rings is 1. The standard InChI is InChI=1S/C22H25N3O3S/c1-28-14-13-25-21(26)19(18-6-5-15-29-18)20(22(25)27)23-16-7-9-17(10-8-16)24-11-3-2-4-12-24/h5-10,15,23H,2-4,11-14H2,1H3. The summed E-state index contributed by atoms with van der Waals surface area (Å²) >= 11 is 1.45. The van der Waals surface area contributed by atoms with Crippen LogP contribution in [0.25, 0.3) is 5.57 Å². The Kier molecular flexibility index (Phi) is 5.97. The summed E-state index contributed by atoms with van der Waals surface area (Å²) < 4.78 is 5.06. The molecule has 0 bridgehead atoms. The summed E-state index contributed by atoms with van der Waals surface area (Å²) in [5.41, 5.74) is 2.75. The number of imide groups is 1. The van der Waals surface area contributed by atoms with Gasteiger partial charge < -0.3 is 15.0 Å². The van der Waals surface area contributed by atoms with Crippen LogP contribution < -0.4 is 10.2 Å². The molecule has 2 aliphatic heterocycles. The second kappa shape index (κ2) is 8.80. The molecule has 0 aliphatic carbocycles. The summed E-state index contributed by atoms with van der Waals surface area (Å²) in [5.74, 6) is -0.586. The minimum atomic E-state index is -0.310. The fraction of sp³-hybridized carbons (Fsp3) is 0.364. The monoisotopic (exact) mass is 411 g/mol. The smallest absolute Gasteiger partial charge is 0.278 e. The van der Waals surface area contributed by atoms with Gasteiger partial charge in [-0.25, -0.2) is 0 Å². The van der Waals surface area contributed by atoms with Crippen LogP contribution in [0.1, 0.15) is 24.1 Å². The van der Waals surface area contributed by atoms with Gasteiger partial charge in [0, 0.05) is 36.5 Å². The quantitative estimate of drug-likeness (QED) is 0.706. The van der Waals surface area contributed by atoms with E-state index in [4.69, 9.17) is 4.74 Å². The Morgan fingerprint density at radius 2 is 1.79 bits per heavy atom. The average molecular weight is 412 g/mol. The van der Waals surface area contributed by atoms with Crippen LogP contribution in [0.4, 0.5) is 11.4 Å². The van der Waals surface area contributed by atoms with E-state index >= 15 is 0 Å². The van der Waals surface area contributed by atoms with E-state index < -0.39 is 0 Å². The van der Waals surface area contributed by atoms with Gasteiger partial charge in [-0.15, -0.1) is 11.3 Å². The zero-order valence-electron chi connectivity index (χ0n) is 16.5. The first kappa shape index (κ1) is 19.7. The Bertz CT molecular complexity index is 900. The highest BCUT2D eigenvalue weighted by atomic mass is 32.1. The number of anilines is 2. The summed E-state index contributed by atoms with van der Waals surface area (Å²) in [6.45, 7) is 2.72. The van der Waals surface area contributed by atoms with E-state index in [9.17, 15) is 9.59 Å². The molecule has 7 heteroatoms. The van der Waals surface area contributed by atoms with Crippen molar-refractivity contribution in [2.75, 3.05) is 43.6 Å². The van der Waals surface area contributed by atoms with Crippen LogP contribution in [-0.2, 0) is 14.3 Å². The number of hydrogen-bond acceptors (Lipinski definition) is 6. The summed E-state index contributed by atoms with van der Waals surface area (Å²) in [4.78, 5) is 30.3. The first-order valence-corrected chi connectivity index (χ1v) is 10.8. The number of nitrogens with one attached hydrogen (secondary N) is 1. The van der Waals surface area contributed by atoms with Crippen LogP contribution in [0.3, 0.4) is 0 Å². The number of amides is 2. The van der Waals surface area contributed by atoms with Gasteiger partial charge >= 0.3 is 0 Å². The van der Waals surface area contributed by atoms with Crippen LogP contribution >= 0.6 is 11.3 Å². The molecule has 0 unspecified atom stereocenters. The van der Waals surface area contributed by atoms with Crippen molar-refractivity contribution >= 4 is 40.1 Å². The highest BCUT2D eigenvalue weighted by Gasteiger charge is 2.39. The minimum absolute atomic E-state index is 0.238. The van der Waals surface area contributed by atoms with Gasteiger partial charge in [-0.3, -0.25) is 14.5 Å². The van der Waals surface area contributed by atoms with E-state index in [0.29, 0.717) is 17.9 Å². The molecule has 2 aliphatic rings. The zero-order chi connectivity index (χ0) is 20.2. The van der Waals surface area contributed by atoms with Crippen molar-refractivity contribution in [2.24, 2.45) is 0 Å². The summed E-state index contributed by atoms with van der Waals surface area (Å²) in [6, 6.07) is 11.8. The van der Waals surface area contributed by atoms with Gasteiger partial charge in [0.25, 0.3) is 11.8 Å². The second-order valence-corrected chi connectivity index (χ2v) is 8.15. The predicted octanol–water partition coefficient (Wildman–Crippen LogP) is 3.58. The first-order chi connectivity index (χ1) is 14.2. The number of methoxy groups -OCH3 is 1. The van der Waals surface area contributed by atoms with Crippen LogP contribution in [0.2, 0.25) is 0 Å². The zero-order valence-corrected chi connectivity index (χ0v) is 17.3. The van der Waals surface area contributed by atoms with Gasteiger partial charge in [0.15, 0.2) is 0 Å². The molecule has 2 amide bonds. The van der Waals surface area contributed by atoms with Crippen LogP contribution in [0.15, 0.2) is 47.5 Å².